The topological polar surface area (TPSA) is 42.5 Å². The highest BCUT2D eigenvalue weighted by Gasteiger charge is 2.06. The molecule has 0 aliphatic rings. The van der Waals surface area contributed by atoms with E-state index in [1.807, 2.05) is 6.07 Å². The fourth-order valence-corrected chi connectivity index (χ4v) is 1.68. The van der Waals surface area contributed by atoms with Gasteiger partial charge in [0.15, 0.2) is 6.73 Å². The molecule has 0 fully saturated rings. The largest absolute Gasteiger partial charge is 0.493 e. The third-order valence-corrected chi connectivity index (χ3v) is 2.74. The minimum absolute atomic E-state index is 0.379. The molecule has 0 heterocycles. The first-order chi connectivity index (χ1) is 9.52. The van der Waals surface area contributed by atoms with Crippen molar-refractivity contribution in [3.8, 4) is 11.5 Å². The Hall–Kier alpha value is -1.26. The third-order valence-electron chi connectivity index (χ3n) is 2.74. The minimum Gasteiger partial charge on any atom is -0.493 e. The maximum atomic E-state index is 5.72. The van der Waals surface area contributed by atoms with E-state index in [-0.39, 0.29) is 0 Å². The van der Waals surface area contributed by atoms with E-state index in [1.54, 1.807) is 0 Å². The van der Waals surface area contributed by atoms with Gasteiger partial charge in [0.25, 0.3) is 0 Å². The van der Waals surface area contributed by atoms with Gasteiger partial charge in [0.2, 0.25) is 0 Å². The molecule has 0 aliphatic carbocycles. The normalized spacial score (nSPS) is 11.2. The molecule has 20 heavy (non-hydrogen) atoms. The van der Waals surface area contributed by atoms with E-state index in [0.29, 0.717) is 18.7 Å². The van der Waals surface area contributed by atoms with Crippen molar-refractivity contribution in [3.63, 3.8) is 0 Å². The number of hydrogen-bond acceptors (Lipinski definition) is 4. The van der Waals surface area contributed by atoms with Gasteiger partial charge in [-0.3, -0.25) is 5.43 Å². The summed E-state index contributed by atoms with van der Waals surface area (Å²) in [5, 5.41) is 0. The summed E-state index contributed by atoms with van der Waals surface area (Å²) in [7, 11) is 0. The van der Waals surface area contributed by atoms with Crippen molar-refractivity contribution < 1.29 is 9.47 Å². The van der Waals surface area contributed by atoms with Crippen LogP contribution in [-0.2, 0) is 0 Å². The Kier molecular flexibility index (Phi) is 7.41. The Morgan fingerprint density at radius 2 is 1.65 bits per heavy atom. The van der Waals surface area contributed by atoms with E-state index in [0.717, 1.165) is 24.5 Å². The Bertz CT molecular complexity index is 392. The van der Waals surface area contributed by atoms with E-state index in [2.05, 4.69) is 57.6 Å². The van der Waals surface area contributed by atoms with Crippen LogP contribution in [0.2, 0.25) is 0 Å². The van der Waals surface area contributed by atoms with Crippen molar-refractivity contribution in [1.82, 2.24) is 10.9 Å². The molecular formula is C16H28N2O2. The molecule has 1 rings (SSSR count). The Balaban J connectivity index is 2.65. The van der Waals surface area contributed by atoms with Crippen LogP contribution in [0.1, 0.15) is 52.5 Å². The maximum absolute atomic E-state index is 5.72. The summed E-state index contributed by atoms with van der Waals surface area (Å²) < 4.78 is 11.4. The number of ether oxygens (including phenoxy) is 2. The predicted octanol–water partition coefficient (Wildman–Crippen LogP) is 3.44. The van der Waals surface area contributed by atoms with Crippen LogP contribution >= 0.6 is 0 Å². The van der Waals surface area contributed by atoms with Gasteiger partial charge in [-0.25, -0.2) is 5.43 Å². The summed E-state index contributed by atoms with van der Waals surface area (Å²) in [6.07, 6.45) is 1.00. The number of hydrogen-bond donors (Lipinski definition) is 2. The molecule has 4 heteroatoms. The molecule has 0 unspecified atom stereocenters. The molecule has 0 saturated heterocycles. The first kappa shape index (κ1) is 16.8. The van der Waals surface area contributed by atoms with Crippen LogP contribution in [0.5, 0.6) is 11.5 Å². The van der Waals surface area contributed by atoms with E-state index in [9.17, 15) is 0 Å². The van der Waals surface area contributed by atoms with E-state index in [4.69, 9.17) is 9.47 Å². The lowest BCUT2D eigenvalue weighted by Gasteiger charge is -2.15. The number of nitrogens with one attached hydrogen (secondary N) is 2. The molecule has 1 aromatic rings. The smallest absolute Gasteiger partial charge is 0.151 e. The summed E-state index contributed by atoms with van der Waals surface area (Å²) in [6, 6.07) is 6.48. The second-order valence-electron chi connectivity index (χ2n) is 5.51. The lowest BCUT2D eigenvalue weighted by atomic mass is 10.0. The van der Waals surface area contributed by atoms with Gasteiger partial charge >= 0.3 is 0 Å². The average molecular weight is 280 g/mol. The standard InChI is InChI=1S/C16H28N2O2/c1-6-7-19-15-8-14(12(2)3)9-16(10-15)20-11-17-18-13(4)5/h8-10,12-13,17-18H,6-7,11H2,1-5H3. The fraction of sp³-hybridized carbons (Fsp3) is 0.625. The first-order valence-corrected chi connectivity index (χ1v) is 7.42. The second-order valence-corrected chi connectivity index (χ2v) is 5.51. The maximum Gasteiger partial charge on any atom is 0.151 e. The van der Waals surface area contributed by atoms with Crippen LogP contribution in [0, 0.1) is 0 Å². The predicted molar refractivity (Wildman–Crippen MR) is 83.2 cm³/mol. The van der Waals surface area contributed by atoms with Gasteiger partial charge in [0.1, 0.15) is 11.5 Å². The summed E-state index contributed by atoms with van der Waals surface area (Å²) in [4.78, 5) is 0. The van der Waals surface area contributed by atoms with E-state index < -0.39 is 0 Å². The number of rotatable bonds is 9. The lowest BCUT2D eigenvalue weighted by molar-refractivity contribution is 0.249. The third kappa shape index (κ3) is 6.26. The van der Waals surface area contributed by atoms with Gasteiger partial charge in [-0.05, 0) is 43.9 Å². The Morgan fingerprint density at radius 3 is 2.20 bits per heavy atom. The molecular weight excluding hydrogens is 252 g/mol. The quantitative estimate of drug-likeness (QED) is 0.413. The monoisotopic (exact) mass is 280 g/mol. The second kappa shape index (κ2) is 8.82. The van der Waals surface area contributed by atoms with Gasteiger partial charge in [-0.2, -0.15) is 0 Å². The highest BCUT2D eigenvalue weighted by Crippen LogP contribution is 2.27. The molecule has 2 N–H and O–H groups in total. The molecule has 4 nitrogen and oxygen atoms in total. The van der Waals surface area contributed by atoms with Crippen LogP contribution in [0.4, 0.5) is 0 Å². The average Bonchev–Trinajstić information content (AvgIpc) is 2.41. The molecule has 0 saturated carbocycles. The lowest BCUT2D eigenvalue weighted by Crippen LogP contribution is -2.39. The van der Waals surface area contributed by atoms with Gasteiger partial charge in [-0.1, -0.05) is 20.8 Å². The van der Waals surface area contributed by atoms with Crippen molar-refractivity contribution >= 4 is 0 Å². The fourth-order valence-electron chi connectivity index (χ4n) is 1.68. The SMILES string of the molecule is CCCOc1cc(OCNNC(C)C)cc(C(C)C)c1. The number of hydrazine groups is 1. The molecule has 0 aromatic heterocycles. The molecule has 1 aromatic carbocycles. The summed E-state index contributed by atoms with van der Waals surface area (Å²) in [6.45, 7) is 11.7. The van der Waals surface area contributed by atoms with Gasteiger partial charge in [0.05, 0.1) is 6.61 Å². The van der Waals surface area contributed by atoms with Crippen molar-refractivity contribution in [2.45, 2.75) is 53.0 Å². The van der Waals surface area contributed by atoms with Gasteiger partial charge < -0.3 is 9.47 Å². The van der Waals surface area contributed by atoms with Crippen molar-refractivity contribution in [1.29, 1.82) is 0 Å². The van der Waals surface area contributed by atoms with E-state index >= 15 is 0 Å². The zero-order chi connectivity index (χ0) is 15.0. The molecule has 0 spiro atoms. The molecule has 0 radical (unpaired) electrons. The van der Waals surface area contributed by atoms with Gasteiger partial charge in [0, 0.05) is 12.1 Å². The minimum atomic E-state index is 0.379. The molecule has 0 bridgehead atoms. The summed E-state index contributed by atoms with van der Waals surface area (Å²) in [5.74, 6) is 2.16. The van der Waals surface area contributed by atoms with Crippen molar-refractivity contribution in [2.75, 3.05) is 13.3 Å². The molecule has 0 atom stereocenters. The van der Waals surface area contributed by atoms with Crippen LogP contribution in [0.25, 0.3) is 0 Å². The summed E-state index contributed by atoms with van der Waals surface area (Å²) >= 11 is 0. The van der Waals surface area contributed by atoms with Crippen LogP contribution in [0.15, 0.2) is 18.2 Å². The zero-order valence-corrected chi connectivity index (χ0v) is 13.3. The van der Waals surface area contributed by atoms with Crippen LogP contribution < -0.4 is 20.3 Å². The highest BCUT2D eigenvalue weighted by molar-refractivity contribution is 5.39. The molecule has 114 valence electrons. The molecule has 0 amide bonds. The van der Waals surface area contributed by atoms with Crippen molar-refractivity contribution in [3.05, 3.63) is 23.8 Å². The van der Waals surface area contributed by atoms with Gasteiger partial charge in [-0.15, -0.1) is 0 Å². The Labute approximate surface area is 122 Å². The van der Waals surface area contributed by atoms with E-state index in [1.165, 1.54) is 5.56 Å². The molecule has 0 aliphatic heterocycles. The zero-order valence-electron chi connectivity index (χ0n) is 13.3. The highest BCUT2D eigenvalue weighted by atomic mass is 16.5. The van der Waals surface area contributed by atoms with Crippen molar-refractivity contribution in [2.24, 2.45) is 0 Å². The summed E-state index contributed by atoms with van der Waals surface area (Å²) in [5.41, 5.74) is 7.35. The van der Waals surface area contributed by atoms with Crippen LogP contribution in [0.3, 0.4) is 0 Å². The number of benzene rings is 1. The van der Waals surface area contributed by atoms with Crippen LogP contribution in [-0.4, -0.2) is 19.4 Å². The Morgan fingerprint density at radius 1 is 1.00 bits per heavy atom. The first-order valence-electron chi connectivity index (χ1n) is 7.42.